The molecule has 0 saturated carbocycles. The average molecular weight is 348 g/mol. The first-order valence-corrected chi connectivity index (χ1v) is 8.87. The zero-order valence-corrected chi connectivity index (χ0v) is 14.4. The third-order valence-electron chi connectivity index (χ3n) is 4.28. The monoisotopic (exact) mass is 348 g/mol. The van der Waals surface area contributed by atoms with E-state index in [-0.39, 0.29) is 11.1 Å². The molecule has 5 heteroatoms. The Labute approximate surface area is 149 Å². The van der Waals surface area contributed by atoms with E-state index in [4.69, 9.17) is 0 Å². The highest BCUT2D eigenvalue weighted by molar-refractivity contribution is 8.16. The van der Waals surface area contributed by atoms with Crippen LogP contribution in [0.3, 0.4) is 0 Å². The Bertz CT molecular complexity index is 981. The lowest BCUT2D eigenvalue weighted by molar-refractivity contribution is -0.116. The minimum Gasteiger partial charge on any atom is -0.365 e. The van der Waals surface area contributed by atoms with E-state index < -0.39 is 5.37 Å². The van der Waals surface area contributed by atoms with Crippen LogP contribution in [0.25, 0.3) is 10.8 Å². The Morgan fingerprint density at radius 1 is 0.920 bits per heavy atom. The van der Waals surface area contributed by atoms with Gasteiger partial charge in [-0.3, -0.25) is 9.59 Å². The number of hydrogen-bond donors (Lipinski definition) is 1. The number of imide groups is 1. The summed E-state index contributed by atoms with van der Waals surface area (Å²) in [6, 6.07) is 21.3. The molecule has 1 atom stereocenters. The van der Waals surface area contributed by atoms with E-state index in [9.17, 15) is 9.59 Å². The van der Waals surface area contributed by atoms with Crippen molar-refractivity contribution in [2.75, 3.05) is 10.2 Å². The fourth-order valence-electron chi connectivity index (χ4n) is 3.03. The summed E-state index contributed by atoms with van der Waals surface area (Å²) < 4.78 is 0. The molecule has 0 radical (unpaired) electrons. The number of nitrogens with one attached hydrogen (secondary N) is 1. The van der Waals surface area contributed by atoms with Gasteiger partial charge >= 0.3 is 0 Å². The second-order valence-electron chi connectivity index (χ2n) is 5.89. The Morgan fingerprint density at radius 2 is 1.64 bits per heavy atom. The van der Waals surface area contributed by atoms with Crippen molar-refractivity contribution in [3.8, 4) is 0 Å². The van der Waals surface area contributed by atoms with Crippen molar-refractivity contribution >= 4 is 45.1 Å². The molecule has 3 aromatic carbocycles. The van der Waals surface area contributed by atoms with E-state index in [2.05, 4.69) is 5.32 Å². The number of aryl methyl sites for hydroxylation is 1. The van der Waals surface area contributed by atoms with Gasteiger partial charge in [-0.2, -0.15) is 0 Å². The molecule has 0 aromatic heterocycles. The number of para-hydroxylation sites is 1. The number of anilines is 2. The maximum Gasteiger partial charge on any atom is 0.295 e. The summed E-state index contributed by atoms with van der Waals surface area (Å²) in [6.45, 7) is 1.89. The molecule has 1 aliphatic heterocycles. The van der Waals surface area contributed by atoms with Gasteiger partial charge in [0.05, 0.1) is 5.69 Å². The van der Waals surface area contributed by atoms with Crippen LogP contribution in [0.2, 0.25) is 0 Å². The van der Waals surface area contributed by atoms with Gasteiger partial charge in [0.15, 0.2) is 5.37 Å². The van der Waals surface area contributed by atoms with E-state index in [1.807, 2.05) is 67.6 Å². The quantitative estimate of drug-likeness (QED) is 0.739. The number of nitrogens with zero attached hydrogens (tertiary/aromatic N) is 1. The normalized spacial score (nSPS) is 17.3. The first kappa shape index (κ1) is 15.7. The van der Waals surface area contributed by atoms with Crippen molar-refractivity contribution in [2.45, 2.75) is 12.3 Å². The van der Waals surface area contributed by atoms with Crippen molar-refractivity contribution in [1.82, 2.24) is 0 Å². The SMILES string of the molecule is Cc1ccccc1N1C(=O)SC(Nc2cccc3ccccc23)C1=O. The Kier molecular flexibility index (Phi) is 3.93. The summed E-state index contributed by atoms with van der Waals surface area (Å²) in [5, 5.41) is 4.47. The predicted octanol–water partition coefficient (Wildman–Crippen LogP) is 4.79. The lowest BCUT2D eigenvalue weighted by Gasteiger charge is -2.17. The molecule has 0 bridgehead atoms. The lowest BCUT2D eigenvalue weighted by Crippen LogP contribution is -2.34. The van der Waals surface area contributed by atoms with Crippen molar-refractivity contribution in [2.24, 2.45) is 0 Å². The lowest BCUT2D eigenvalue weighted by atomic mass is 10.1. The highest BCUT2D eigenvalue weighted by Crippen LogP contribution is 2.35. The molecule has 2 amide bonds. The molecule has 3 aromatic rings. The van der Waals surface area contributed by atoms with Gasteiger partial charge in [0.2, 0.25) is 0 Å². The number of carbonyl (C=O) groups is 2. The summed E-state index contributed by atoms with van der Waals surface area (Å²) in [5.41, 5.74) is 2.39. The summed E-state index contributed by atoms with van der Waals surface area (Å²) in [6.07, 6.45) is 0. The highest BCUT2D eigenvalue weighted by Gasteiger charge is 2.41. The van der Waals surface area contributed by atoms with E-state index in [1.54, 1.807) is 6.07 Å². The smallest absolute Gasteiger partial charge is 0.295 e. The molecule has 4 nitrogen and oxygen atoms in total. The van der Waals surface area contributed by atoms with Crippen LogP contribution in [0.4, 0.5) is 16.2 Å². The number of rotatable bonds is 3. The molecule has 25 heavy (non-hydrogen) atoms. The van der Waals surface area contributed by atoms with Crippen molar-refractivity contribution in [3.63, 3.8) is 0 Å². The van der Waals surface area contributed by atoms with Crippen LogP contribution in [0.5, 0.6) is 0 Å². The molecule has 1 unspecified atom stereocenters. The Hall–Kier alpha value is -2.79. The fraction of sp³-hybridized carbons (Fsp3) is 0.100. The van der Waals surface area contributed by atoms with Gasteiger partial charge in [-0.15, -0.1) is 0 Å². The van der Waals surface area contributed by atoms with Crippen LogP contribution >= 0.6 is 11.8 Å². The zero-order valence-electron chi connectivity index (χ0n) is 13.6. The van der Waals surface area contributed by atoms with Gasteiger partial charge in [-0.25, -0.2) is 4.90 Å². The number of benzene rings is 3. The average Bonchev–Trinajstić information content (AvgIpc) is 2.90. The summed E-state index contributed by atoms with van der Waals surface area (Å²) in [7, 11) is 0. The highest BCUT2D eigenvalue weighted by atomic mass is 32.2. The van der Waals surface area contributed by atoms with Gasteiger partial charge < -0.3 is 5.32 Å². The largest absolute Gasteiger partial charge is 0.365 e. The maximum atomic E-state index is 12.8. The van der Waals surface area contributed by atoms with Crippen molar-refractivity contribution in [3.05, 3.63) is 72.3 Å². The van der Waals surface area contributed by atoms with Crippen LogP contribution in [0, 0.1) is 6.92 Å². The number of hydrogen-bond acceptors (Lipinski definition) is 4. The van der Waals surface area contributed by atoms with Crippen molar-refractivity contribution in [1.29, 1.82) is 0 Å². The van der Waals surface area contributed by atoms with E-state index in [1.165, 1.54) is 4.90 Å². The first-order chi connectivity index (χ1) is 12.1. The van der Waals surface area contributed by atoms with Gasteiger partial charge in [-0.05, 0) is 41.8 Å². The first-order valence-electron chi connectivity index (χ1n) is 7.99. The molecule has 0 spiro atoms. The number of thioether (sulfide) groups is 1. The van der Waals surface area contributed by atoms with Crippen LogP contribution in [-0.2, 0) is 4.79 Å². The van der Waals surface area contributed by atoms with Crippen LogP contribution < -0.4 is 10.2 Å². The zero-order chi connectivity index (χ0) is 17.4. The maximum absolute atomic E-state index is 12.8. The molecule has 1 N–H and O–H groups in total. The van der Waals surface area contributed by atoms with Crippen molar-refractivity contribution < 1.29 is 9.59 Å². The van der Waals surface area contributed by atoms with E-state index in [0.717, 1.165) is 33.8 Å². The molecule has 124 valence electrons. The number of fused-ring (bicyclic) bond motifs is 1. The molecule has 1 saturated heterocycles. The third-order valence-corrected chi connectivity index (χ3v) is 5.22. The molecule has 4 rings (SSSR count). The second kappa shape index (κ2) is 6.26. The minimum absolute atomic E-state index is 0.239. The van der Waals surface area contributed by atoms with E-state index >= 15 is 0 Å². The number of amides is 2. The standard InChI is InChI=1S/C20H16N2O2S/c1-13-7-2-5-12-17(13)22-19(23)18(25-20(22)24)21-16-11-6-9-14-8-3-4-10-15(14)16/h2-12,18,21H,1H3. The summed E-state index contributed by atoms with van der Waals surface area (Å²) in [5.74, 6) is -0.239. The minimum atomic E-state index is -0.627. The topological polar surface area (TPSA) is 49.4 Å². The molecular formula is C20H16N2O2S. The van der Waals surface area contributed by atoms with Gasteiger partial charge in [0, 0.05) is 11.1 Å². The van der Waals surface area contributed by atoms with Crippen LogP contribution in [-0.4, -0.2) is 16.5 Å². The summed E-state index contributed by atoms with van der Waals surface area (Å²) >= 11 is 1.02. The molecular weight excluding hydrogens is 332 g/mol. The van der Waals surface area contributed by atoms with Gasteiger partial charge in [0.1, 0.15) is 0 Å². The summed E-state index contributed by atoms with van der Waals surface area (Å²) in [4.78, 5) is 26.5. The second-order valence-corrected chi connectivity index (χ2v) is 6.95. The van der Waals surface area contributed by atoms with Crippen LogP contribution in [0.1, 0.15) is 5.56 Å². The Morgan fingerprint density at radius 3 is 2.48 bits per heavy atom. The third kappa shape index (κ3) is 2.76. The molecule has 1 aliphatic rings. The van der Waals surface area contributed by atoms with Gasteiger partial charge in [0.25, 0.3) is 11.1 Å². The fourth-order valence-corrected chi connectivity index (χ4v) is 3.91. The molecule has 0 aliphatic carbocycles. The van der Waals surface area contributed by atoms with E-state index in [0.29, 0.717) is 5.69 Å². The Balaban J connectivity index is 1.65. The van der Waals surface area contributed by atoms with Gasteiger partial charge in [-0.1, -0.05) is 54.6 Å². The number of carbonyl (C=O) groups excluding carboxylic acids is 2. The van der Waals surface area contributed by atoms with Crippen LogP contribution in [0.15, 0.2) is 66.7 Å². The molecule has 1 fully saturated rings. The predicted molar refractivity (Wildman–Crippen MR) is 103 cm³/mol. The molecule has 1 heterocycles.